The zero-order valence-corrected chi connectivity index (χ0v) is 9.65. The molecule has 1 heterocycles. The number of hydrogen-bond donors (Lipinski definition) is 3. The number of nitrogens with one attached hydrogen (secondary N) is 1. The Morgan fingerprint density at radius 2 is 2.12 bits per heavy atom. The summed E-state index contributed by atoms with van der Waals surface area (Å²) in [6, 6.07) is -0.445. The molecule has 0 aromatic heterocycles. The van der Waals surface area contributed by atoms with E-state index in [0.29, 0.717) is 13.0 Å². The fraction of sp³-hybridized carbons (Fsp3) is 0.875. The van der Waals surface area contributed by atoms with Crippen LogP contribution in [0.5, 0.6) is 0 Å². The highest BCUT2D eigenvalue weighted by molar-refractivity contribution is 7.87. The summed E-state index contributed by atoms with van der Waals surface area (Å²) in [5.74, 6) is -0.0429. The van der Waals surface area contributed by atoms with E-state index in [1.807, 2.05) is 0 Å². The minimum atomic E-state index is -3.49. The third kappa shape index (κ3) is 2.28. The first-order valence-corrected chi connectivity index (χ1v) is 6.75. The molecule has 16 heavy (non-hydrogen) atoms. The molecule has 1 saturated carbocycles. The maximum absolute atomic E-state index is 11.9. The lowest BCUT2D eigenvalue weighted by Gasteiger charge is -2.22. The van der Waals surface area contributed by atoms with Crippen molar-refractivity contribution in [3.8, 4) is 0 Å². The first-order chi connectivity index (χ1) is 7.54. The van der Waals surface area contributed by atoms with Gasteiger partial charge in [0.1, 0.15) is 0 Å². The highest BCUT2D eigenvalue weighted by atomic mass is 32.2. The van der Waals surface area contributed by atoms with Crippen molar-refractivity contribution in [1.82, 2.24) is 9.03 Å². The van der Waals surface area contributed by atoms with Gasteiger partial charge in [-0.05, 0) is 25.7 Å². The van der Waals surface area contributed by atoms with Gasteiger partial charge >= 0.3 is 0 Å². The Labute approximate surface area is 94.5 Å². The smallest absolute Gasteiger partial charge is 0.280 e. The molecule has 0 bridgehead atoms. The third-order valence-corrected chi connectivity index (χ3v) is 4.55. The van der Waals surface area contributed by atoms with Gasteiger partial charge in [0.2, 0.25) is 0 Å². The summed E-state index contributed by atoms with van der Waals surface area (Å²) in [5, 5.41) is 11.5. The SMILES string of the molecule is NC(=NO)C1CCCN1S(=O)(=O)NC1CC1. The van der Waals surface area contributed by atoms with Gasteiger partial charge in [0, 0.05) is 12.6 Å². The van der Waals surface area contributed by atoms with Crippen LogP contribution in [0.25, 0.3) is 0 Å². The summed E-state index contributed by atoms with van der Waals surface area (Å²) < 4.78 is 27.7. The second-order valence-electron chi connectivity index (χ2n) is 4.19. The molecule has 1 aliphatic carbocycles. The van der Waals surface area contributed by atoms with Crippen molar-refractivity contribution in [2.24, 2.45) is 10.9 Å². The van der Waals surface area contributed by atoms with Crippen LogP contribution >= 0.6 is 0 Å². The minimum absolute atomic E-state index is 0.0429. The van der Waals surface area contributed by atoms with E-state index in [4.69, 9.17) is 10.9 Å². The summed E-state index contributed by atoms with van der Waals surface area (Å²) in [6.07, 6.45) is 3.11. The predicted octanol–water partition coefficient (Wildman–Crippen LogP) is -0.806. The molecule has 2 rings (SSSR count). The van der Waals surface area contributed by atoms with Crippen LogP contribution in [0.3, 0.4) is 0 Å². The van der Waals surface area contributed by atoms with Gasteiger partial charge in [0.15, 0.2) is 5.84 Å². The summed E-state index contributed by atoms with van der Waals surface area (Å²) in [5.41, 5.74) is 5.48. The summed E-state index contributed by atoms with van der Waals surface area (Å²) in [4.78, 5) is 0. The van der Waals surface area contributed by atoms with Crippen molar-refractivity contribution in [3.63, 3.8) is 0 Å². The average molecular weight is 248 g/mol. The van der Waals surface area contributed by atoms with Crippen LogP contribution in [0.1, 0.15) is 25.7 Å². The molecule has 0 radical (unpaired) electrons. The minimum Gasteiger partial charge on any atom is -0.409 e. The van der Waals surface area contributed by atoms with Crippen LogP contribution in [0.15, 0.2) is 5.16 Å². The molecule has 0 amide bonds. The molecule has 8 heteroatoms. The Morgan fingerprint density at radius 1 is 1.44 bits per heavy atom. The molecule has 7 nitrogen and oxygen atoms in total. The molecule has 1 atom stereocenters. The van der Waals surface area contributed by atoms with Crippen molar-refractivity contribution in [3.05, 3.63) is 0 Å². The van der Waals surface area contributed by atoms with Crippen LogP contribution in [-0.2, 0) is 10.2 Å². The van der Waals surface area contributed by atoms with Crippen molar-refractivity contribution >= 4 is 16.0 Å². The molecule has 1 saturated heterocycles. The zero-order valence-electron chi connectivity index (χ0n) is 8.83. The topological polar surface area (TPSA) is 108 Å². The fourth-order valence-corrected chi connectivity index (χ4v) is 3.58. The first kappa shape index (κ1) is 11.6. The van der Waals surface area contributed by atoms with Crippen LogP contribution in [-0.4, -0.2) is 42.4 Å². The Kier molecular flexibility index (Phi) is 3.04. The zero-order chi connectivity index (χ0) is 11.8. The summed E-state index contributed by atoms with van der Waals surface area (Å²) in [7, 11) is -3.49. The van der Waals surface area contributed by atoms with Gasteiger partial charge in [-0.1, -0.05) is 5.16 Å². The van der Waals surface area contributed by atoms with E-state index in [0.717, 1.165) is 19.3 Å². The summed E-state index contributed by atoms with van der Waals surface area (Å²) >= 11 is 0. The monoisotopic (exact) mass is 248 g/mol. The van der Waals surface area contributed by atoms with Crippen LogP contribution < -0.4 is 10.5 Å². The van der Waals surface area contributed by atoms with Gasteiger partial charge < -0.3 is 10.9 Å². The molecule has 2 aliphatic rings. The molecule has 92 valence electrons. The van der Waals surface area contributed by atoms with Gasteiger partial charge in [-0.15, -0.1) is 0 Å². The maximum Gasteiger partial charge on any atom is 0.280 e. The lowest BCUT2D eigenvalue weighted by molar-refractivity contribution is 0.311. The normalized spacial score (nSPS) is 28.5. The largest absolute Gasteiger partial charge is 0.409 e. The number of rotatable bonds is 4. The van der Waals surface area contributed by atoms with E-state index < -0.39 is 16.3 Å². The standard InChI is InChI=1S/C8H16N4O3S/c9-8(10-13)7-2-1-5-12(7)16(14,15)11-6-3-4-6/h6-7,11,13H,1-5H2,(H2,9,10). The van der Waals surface area contributed by atoms with Gasteiger partial charge in [-0.3, -0.25) is 0 Å². The van der Waals surface area contributed by atoms with Crippen molar-refractivity contribution in [2.75, 3.05) is 6.54 Å². The molecule has 2 fully saturated rings. The molecular formula is C8H16N4O3S. The Morgan fingerprint density at radius 3 is 2.69 bits per heavy atom. The predicted molar refractivity (Wildman–Crippen MR) is 58.2 cm³/mol. The maximum atomic E-state index is 11.9. The first-order valence-electron chi connectivity index (χ1n) is 5.31. The van der Waals surface area contributed by atoms with Crippen LogP contribution in [0.2, 0.25) is 0 Å². The van der Waals surface area contributed by atoms with Crippen LogP contribution in [0.4, 0.5) is 0 Å². The van der Waals surface area contributed by atoms with Gasteiger partial charge in [-0.25, -0.2) is 0 Å². The molecule has 0 spiro atoms. The van der Waals surface area contributed by atoms with Gasteiger partial charge in [-0.2, -0.15) is 17.4 Å². The Hall–Kier alpha value is -0.860. The van der Waals surface area contributed by atoms with E-state index in [2.05, 4.69) is 9.88 Å². The number of amidine groups is 1. The Balaban J connectivity index is 2.12. The van der Waals surface area contributed by atoms with E-state index in [1.165, 1.54) is 4.31 Å². The number of hydrogen-bond acceptors (Lipinski definition) is 4. The molecule has 0 aromatic carbocycles. The molecule has 0 aromatic rings. The second-order valence-corrected chi connectivity index (χ2v) is 5.85. The quantitative estimate of drug-likeness (QED) is 0.262. The van der Waals surface area contributed by atoms with Crippen molar-refractivity contribution < 1.29 is 13.6 Å². The second kappa shape index (κ2) is 4.19. The lowest BCUT2D eigenvalue weighted by Crippen LogP contribution is -2.49. The van der Waals surface area contributed by atoms with Crippen molar-refractivity contribution in [2.45, 2.75) is 37.8 Å². The highest BCUT2D eigenvalue weighted by Crippen LogP contribution is 2.25. The van der Waals surface area contributed by atoms with E-state index in [1.54, 1.807) is 0 Å². The van der Waals surface area contributed by atoms with E-state index in [-0.39, 0.29) is 11.9 Å². The molecule has 4 N–H and O–H groups in total. The number of nitrogens with two attached hydrogens (primary N) is 1. The van der Waals surface area contributed by atoms with Crippen molar-refractivity contribution in [1.29, 1.82) is 0 Å². The third-order valence-electron chi connectivity index (χ3n) is 2.86. The van der Waals surface area contributed by atoms with Gasteiger partial charge in [0.05, 0.1) is 6.04 Å². The lowest BCUT2D eigenvalue weighted by atomic mass is 10.2. The van der Waals surface area contributed by atoms with Gasteiger partial charge in [0.25, 0.3) is 10.2 Å². The summed E-state index contributed by atoms with van der Waals surface area (Å²) in [6.45, 7) is 0.420. The number of nitrogens with zero attached hydrogens (tertiary/aromatic N) is 2. The van der Waals surface area contributed by atoms with Crippen LogP contribution in [0, 0.1) is 0 Å². The number of oxime groups is 1. The highest BCUT2D eigenvalue weighted by Gasteiger charge is 2.39. The molecule has 1 aliphatic heterocycles. The molecular weight excluding hydrogens is 232 g/mol. The van der Waals surface area contributed by atoms with E-state index >= 15 is 0 Å². The average Bonchev–Trinajstić information content (AvgIpc) is 2.88. The Bertz CT molecular complexity index is 390. The fourth-order valence-electron chi connectivity index (χ4n) is 1.87. The van der Waals surface area contributed by atoms with E-state index in [9.17, 15) is 8.42 Å². The molecule has 1 unspecified atom stereocenters.